The lowest BCUT2D eigenvalue weighted by Crippen LogP contribution is -1.87. The standard InChI is InChI=1S/C8H5ClO3/c9-7-2-5(3-10)1-6(4-11)8(7)12/h1-4,12H. The van der Waals surface area contributed by atoms with Crippen molar-refractivity contribution in [2.75, 3.05) is 0 Å². The van der Waals surface area contributed by atoms with Gasteiger partial charge >= 0.3 is 0 Å². The first-order valence-electron chi connectivity index (χ1n) is 3.12. The fraction of sp³-hybridized carbons (Fsp3) is 0. The fourth-order valence-electron chi connectivity index (χ4n) is 0.800. The molecule has 0 bridgehead atoms. The van der Waals surface area contributed by atoms with Gasteiger partial charge in [0.25, 0.3) is 0 Å². The zero-order chi connectivity index (χ0) is 9.14. The minimum atomic E-state index is -0.294. The first-order chi connectivity index (χ1) is 5.69. The largest absolute Gasteiger partial charge is 0.506 e. The molecule has 0 aliphatic rings. The summed E-state index contributed by atoms with van der Waals surface area (Å²) in [6.45, 7) is 0. The molecule has 0 aliphatic heterocycles. The second kappa shape index (κ2) is 3.36. The molecule has 1 N–H and O–H groups in total. The van der Waals surface area contributed by atoms with E-state index < -0.39 is 0 Å². The minimum absolute atomic E-state index is 0.00157. The first-order valence-corrected chi connectivity index (χ1v) is 3.49. The smallest absolute Gasteiger partial charge is 0.153 e. The second-order valence-corrected chi connectivity index (χ2v) is 2.58. The lowest BCUT2D eigenvalue weighted by atomic mass is 10.1. The van der Waals surface area contributed by atoms with Gasteiger partial charge in [0, 0.05) is 5.56 Å². The summed E-state index contributed by atoms with van der Waals surface area (Å²) in [5.41, 5.74) is 0.282. The number of carbonyl (C=O) groups is 2. The maximum absolute atomic E-state index is 10.3. The summed E-state index contributed by atoms with van der Waals surface area (Å²) < 4.78 is 0. The summed E-state index contributed by atoms with van der Waals surface area (Å²) in [5.74, 6) is -0.294. The molecule has 0 unspecified atom stereocenters. The van der Waals surface area contributed by atoms with Crippen molar-refractivity contribution in [1.29, 1.82) is 0 Å². The van der Waals surface area contributed by atoms with E-state index in [2.05, 4.69) is 0 Å². The van der Waals surface area contributed by atoms with Crippen molar-refractivity contribution in [3.05, 3.63) is 28.3 Å². The van der Waals surface area contributed by atoms with Gasteiger partial charge in [-0.25, -0.2) is 0 Å². The normalized spacial score (nSPS) is 9.42. The number of carbonyl (C=O) groups excluding carboxylic acids is 2. The van der Waals surface area contributed by atoms with E-state index >= 15 is 0 Å². The third kappa shape index (κ3) is 1.46. The van der Waals surface area contributed by atoms with Crippen LogP contribution in [0.3, 0.4) is 0 Å². The fourth-order valence-corrected chi connectivity index (χ4v) is 1.04. The SMILES string of the molecule is O=Cc1cc(Cl)c(O)c(C=O)c1. The van der Waals surface area contributed by atoms with Crippen molar-refractivity contribution < 1.29 is 14.7 Å². The molecule has 4 heteroatoms. The summed E-state index contributed by atoms with van der Waals surface area (Å²) in [6.07, 6.45) is 0.993. The molecule has 0 heterocycles. The molecule has 0 saturated heterocycles. The zero-order valence-electron chi connectivity index (χ0n) is 5.95. The summed E-state index contributed by atoms with van der Waals surface area (Å²) in [5, 5.41) is 9.14. The van der Waals surface area contributed by atoms with E-state index in [0.29, 0.717) is 12.6 Å². The van der Waals surface area contributed by atoms with Crippen LogP contribution in [0.4, 0.5) is 0 Å². The molecule has 0 atom stereocenters. The average Bonchev–Trinajstić information content (AvgIpc) is 2.09. The van der Waals surface area contributed by atoms with Gasteiger partial charge in [-0.05, 0) is 12.1 Å². The summed E-state index contributed by atoms with van der Waals surface area (Å²) in [7, 11) is 0. The lowest BCUT2D eigenvalue weighted by Gasteiger charge is -2.00. The molecule has 1 aromatic carbocycles. The molecule has 62 valence electrons. The minimum Gasteiger partial charge on any atom is -0.506 e. The Kier molecular flexibility index (Phi) is 2.45. The average molecular weight is 185 g/mol. The maximum Gasteiger partial charge on any atom is 0.153 e. The predicted octanol–water partition coefficient (Wildman–Crippen LogP) is 1.67. The quantitative estimate of drug-likeness (QED) is 0.712. The van der Waals surface area contributed by atoms with Gasteiger partial charge in [0.05, 0.1) is 10.6 Å². The van der Waals surface area contributed by atoms with E-state index in [-0.39, 0.29) is 21.9 Å². The van der Waals surface area contributed by atoms with Crippen LogP contribution in [0.5, 0.6) is 5.75 Å². The van der Waals surface area contributed by atoms with Gasteiger partial charge < -0.3 is 5.11 Å². The van der Waals surface area contributed by atoms with Crippen LogP contribution in [0.2, 0.25) is 5.02 Å². The van der Waals surface area contributed by atoms with Gasteiger partial charge in [0.15, 0.2) is 6.29 Å². The molecule has 1 aromatic rings. The lowest BCUT2D eigenvalue weighted by molar-refractivity contribution is 0.112. The molecular weight excluding hydrogens is 180 g/mol. The van der Waals surface area contributed by atoms with E-state index in [4.69, 9.17) is 16.7 Å². The number of phenols is 1. The molecule has 0 fully saturated rings. The number of halogens is 1. The predicted molar refractivity (Wildman–Crippen MR) is 43.9 cm³/mol. The molecule has 0 amide bonds. The number of aromatic hydroxyl groups is 1. The van der Waals surface area contributed by atoms with Crippen molar-refractivity contribution in [3.63, 3.8) is 0 Å². The Hall–Kier alpha value is -1.35. The number of rotatable bonds is 2. The van der Waals surface area contributed by atoms with Crippen LogP contribution in [-0.2, 0) is 0 Å². The molecule has 0 aromatic heterocycles. The molecule has 0 saturated carbocycles. The molecular formula is C8H5ClO3. The van der Waals surface area contributed by atoms with Crippen LogP contribution in [0.25, 0.3) is 0 Å². The Morgan fingerprint density at radius 1 is 1.25 bits per heavy atom. The van der Waals surface area contributed by atoms with Gasteiger partial charge in [0.1, 0.15) is 12.0 Å². The molecule has 0 aliphatic carbocycles. The van der Waals surface area contributed by atoms with Crippen molar-refractivity contribution in [1.82, 2.24) is 0 Å². The van der Waals surface area contributed by atoms with Crippen LogP contribution < -0.4 is 0 Å². The van der Waals surface area contributed by atoms with Crippen LogP contribution >= 0.6 is 11.6 Å². The van der Waals surface area contributed by atoms with Crippen LogP contribution in [-0.4, -0.2) is 17.7 Å². The molecule has 3 nitrogen and oxygen atoms in total. The number of aldehydes is 2. The Bertz CT molecular complexity index is 333. The Morgan fingerprint density at radius 2 is 1.92 bits per heavy atom. The summed E-state index contributed by atoms with van der Waals surface area (Å²) >= 11 is 5.51. The van der Waals surface area contributed by atoms with E-state index in [0.717, 1.165) is 0 Å². The highest BCUT2D eigenvalue weighted by molar-refractivity contribution is 6.32. The van der Waals surface area contributed by atoms with Gasteiger partial charge in [-0.1, -0.05) is 11.6 Å². The van der Waals surface area contributed by atoms with Crippen molar-refractivity contribution in [2.45, 2.75) is 0 Å². The molecule has 0 radical (unpaired) electrons. The highest BCUT2D eigenvalue weighted by atomic mass is 35.5. The third-order valence-electron chi connectivity index (χ3n) is 1.38. The van der Waals surface area contributed by atoms with Crippen molar-refractivity contribution >= 4 is 24.2 Å². The number of hydrogen-bond acceptors (Lipinski definition) is 3. The molecule has 1 rings (SSSR count). The molecule has 0 spiro atoms. The third-order valence-corrected chi connectivity index (χ3v) is 1.67. The Labute approximate surface area is 73.6 Å². The molecule has 12 heavy (non-hydrogen) atoms. The van der Waals surface area contributed by atoms with Gasteiger partial charge in [-0.2, -0.15) is 0 Å². The first kappa shape index (κ1) is 8.74. The zero-order valence-corrected chi connectivity index (χ0v) is 6.71. The second-order valence-electron chi connectivity index (χ2n) is 2.18. The van der Waals surface area contributed by atoms with Crippen LogP contribution in [0.1, 0.15) is 20.7 Å². The van der Waals surface area contributed by atoms with Crippen LogP contribution in [0, 0.1) is 0 Å². The topological polar surface area (TPSA) is 54.4 Å². The van der Waals surface area contributed by atoms with Crippen molar-refractivity contribution in [3.8, 4) is 5.75 Å². The van der Waals surface area contributed by atoms with E-state index in [1.54, 1.807) is 0 Å². The summed E-state index contributed by atoms with van der Waals surface area (Å²) in [4.78, 5) is 20.6. The number of benzene rings is 1. The Balaban J connectivity index is 3.37. The Morgan fingerprint density at radius 3 is 2.42 bits per heavy atom. The van der Waals surface area contributed by atoms with Crippen molar-refractivity contribution in [2.24, 2.45) is 0 Å². The highest BCUT2D eigenvalue weighted by Gasteiger charge is 2.06. The summed E-state index contributed by atoms with van der Waals surface area (Å²) in [6, 6.07) is 2.55. The maximum atomic E-state index is 10.3. The highest BCUT2D eigenvalue weighted by Crippen LogP contribution is 2.27. The van der Waals surface area contributed by atoms with Gasteiger partial charge in [-0.15, -0.1) is 0 Å². The van der Waals surface area contributed by atoms with Gasteiger partial charge in [0.2, 0.25) is 0 Å². The van der Waals surface area contributed by atoms with E-state index in [1.807, 2.05) is 0 Å². The van der Waals surface area contributed by atoms with E-state index in [9.17, 15) is 9.59 Å². The number of hydrogen-bond donors (Lipinski definition) is 1. The number of phenolic OH excluding ortho intramolecular Hbond substituents is 1. The van der Waals surface area contributed by atoms with Gasteiger partial charge in [-0.3, -0.25) is 9.59 Å². The van der Waals surface area contributed by atoms with E-state index in [1.165, 1.54) is 12.1 Å². The monoisotopic (exact) mass is 184 g/mol. The van der Waals surface area contributed by atoms with Crippen LogP contribution in [0.15, 0.2) is 12.1 Å².